The van der Waals surface area contributed by atoms with Crippen LogP contribution in [0.4, 0.5) is 0 Å². The lowest BCUT2D eigenvalue weighted by Gasteiger charge is -2.60. The van der Waals surface area contributed by atoms with Crippen LogP contribution in [0.5, 0.6) is 5.75 Å². The minimum Gasteiger partial charge on any atom is -0.485 e. The van der Waals surface area contributed by atoms with Crippen LogP contribution in [-0.2, 0) is 11.8 Å². The monoisotopic (exact) mass is 339 g/mol. The number of piperidine rings is 1. The standard InChI is InChI=1S/C22H29NO2/c1-4-14(2)20-22-10-11-23(13-15-8-9-15)18(21(22,3)24)12-16-6-5-7-17(25-20)19(16)22/h5-7,15,18,20,24H,2,4,8-13H2,1,3H3. The zero-order valence-corrected chi connectivity index (χ0v) is 15.4. The highest BCUT2D eigenvalue weighted by molar-refractivity contribution is 5.58. The van der Waals surface area contributed by atoms with Gasteiger partial charge in [0.2, 0.25) is 0 Å². The van der Waals surface area contributed by atoms with Crippen molar-refractivity contribution in [2.75, 3.05) is 13.1 Å². The number of hydrogen-bond acceptors (Lipinski definition) is 3. The van der Waals surface area contributed by atoms with Gasteiger partial charge in [0.25, 0.3) is 0 Å². The molecule has 2 heterocycles. The van der Waals surface area contributed by atoms with E-state index in [4.69, 9.17) is 4.74 Å². The number of hydrogen-bond donors (Lipinski definition) is 1. The summed E-state index contributed by atoms with van der Waals surface area (Å²) in [6, 6.07) is 6.62. The molecule has 1 N–H and O–H groups in total. The van der Waals surface area contributed by atoms with E-state index in [9.17, 15) is 5.11 Å². The van der Waals surface area contributed by atoms with Crippen LogP contribution in [0.1, 0.15) is 50.7 Å². The van der Waals surface area contributed by atoms with Gasteiger partial charge in [-0.25, -0.2) is 0 Å². The molecule has 0 radical (unpaired) electrons. The van der Waals surface area contributed by atoms with Crippen LogP contribution >= 0.6 is 0 Å². The van der Waals surface area contributed by atoms with E-state index in [0.29, 0.717) is 0 Å². The fourth-order valence-corrected chi connectivity index (χ4v) is 5.87. The normalized spacial score (nSPS) is 39.0. The van der Waals surface area contributed by atoms with Gasteiger partial charge in [0, 0.05) is 18.2 Å². The number of aliphatic hydroxyl groups is 1. The third-order valence-electron chi connectivity index (χ3n) is 7.47. The molecule has 2 aliphatic heterocycles. The van der Waals surface area contributed by atoms with Gasteiger partial charge >= 0.3 is 0 Å². The van der Waals surface area contributed by atoms with Crippen molar-refractivity contribution in [2.45, 2.75) is 69.1 Å². The Balaban J connectivity index is 1.66. The van der Waals surface area contributed by atoms with Gasteiger partial charge in [-0.2, -0.15) is 0 Å². The van der Waals surface area contributed by atoms with E-state index in [-0.39, 0.29) is 17.6 Å². The average Bonchev–Trinajstić information content (AvgIpc) is 3.33. The molecule has 2 aliphatic carbocycles. The van der Waals surface area contributed by atoms with Crippen LogP contribution < -0.4 is 4.74 Å². The molecule has 1 spiro atoms. The van der Waals surface area contributed by atoms with Crippen molar-refractivity contribution >= 4 is 0 Å². The van der Waals surface area contributed by atoms with Crippen molar-refractivity contribution in [2.24, 2.45) is 5.92 Å². The van der Waals surface area contributed by atoms with Crippen molar-refractivity contribution < 1.29 is 9.84 Å². The molecule has 4 aliphatic rings. The van der Waals surface area contributed by atoms with Gasteiger partial charge in [-0.3, -0.25) is 4.90 Å². The third-order valence-corrected chi connectivity index (χ3v) is 7.47. The summed E-state index contributed by atoms with van der Waals surface area (Å²) in [4.78, 5) is 2.57. The summed E-state index contributed by atoms with van der Waals surface area (Å²) < 4.78 is 6.45. The Morgan fingerprint density at radius 1 is 1.40 bits per heavy atom. The Morgan fingerprint density at radius 2 is 2.20 bits per heavy atom. The lowest BCUT2D eigenvalue weighted by molar-refractivity contribution is -0.149. The molecule has 2 bridgehead atoms. The van der Waals surface area contributed by atoms with Gasteiger partial charge in [0.15, 0.2) is 0 Å². The Bertz CT molecular complexity index is 736. The first-order chi connectivity index (χ1) is 12.0. The Kier molecular flexibility index (Phi) is 3.25. The third kappa shape index (κ3) is 1.94. The first-order valence-electron chi connectivity index (χ1n) is 9.92. The molecule has 0 amide bonds. The molecule has 25 heavy (non-hydrogen) atoms. The summed E-state index contributed by atoms with van der Waals surface area (Å²) in [6.07, 6.45) is 5.39. The molecule has 1 saturated carbocycles. The van der Waals surface area contributed by atoms with E-state index >= 15 is 0 Å². The van der Waals surface area contributed by atoms with Crippen molar-refractivity contribution in [3.63, 3.8) is 0 Å². The zero-order chi connectivity index (χ0) is 17.4. The first kappa shape index (κ1) is 15.9. The molecule has 134 valence electrons. The average molecular weight is 339 g/mol. The highest BCUT2D eigenvalue weighted by Gasteiger charge is 2.68. The molecule has 3 heteroatoms. The largest absolute Gasteiger partial charge is 0.485 e. The van der Waals surface area contributed by atoms with E-state index in [1.807, 2.05) is 0 Å². The Labute approximate surface area is 150 Å². The van der Waals surface area contributed by atoms with Crippen LogP contribution in [0.2, 0.25) is 0 Å². The minimum absolute atomic E-state index is 0.102. The van der Waals surface area contributed by atoms with Crippen molar-refractivity contribution in [3.8, 4) is 5.75 Å². The van der Waals surface area contributed by atoms with Crippen molar-refractivity contribution in [1.82, 2.24) is 4.90 Å². The SMILES string of the molecule is C=C(CC)C1Oc2cccc3c2C12CCN(CC1CC1)C(C3)C2(C)O. The van der Waals surface area contributed by atoms with Crippen LogP contribution in [-0.4, -0.2) is 40.8 Å². The van der Waals surface area contributed by atoms with E-state index in [2.05, 4.69) is 43.5 Å². The van der Waals surface area contributed by atoms with Crippen molar-refractivity contribution in [1.29, 1.82) is 0 Å². The molecular weight excluding hydrogens is 310 g/mol. The van der Waals surface area contributed by atoms with Gasteiger partial charge < -0.3 is 9.84 Å². The quantitative estimate of drug-likeness (QED) is 0.853. The van der Waals surface area contributed by atoms with Crippen LogP contribution in [0.3, 0.4) is 0 Å². The second kappa shape index (κ2) is 5.11. The second-order valence-corrected chi connectivity index (χ2v) is 8.83. The molecular formula is C22H29NO2. The molecule has 4 atom stereocenters. The smallest absolute Gasteiger partial charge is 0.132 e. The lowest BCUT2D eigenvalue weighted by atomic mass is 9.52. The fraction of sp³-hybridized carbons (Fsp3) is 0.636. The Hall–Kier alpha value is -1.32. The first-order valence-corrected chi connectivity index (χ1v) is 9.92. The zero-order valence-electron chi connectivity index (χ0n) is 15.4. The van der Waals surface area contributed by atoms with Crippen LogP contribution in [0.15, 0.2) is 30.4 Å². The highest BCUT2D eigenvalue weighted by Crippen LogP contribution is 2.61. The van der Waals surface area contributed by atoms with E-state index in [1.54, 1.807) is 0 Å². The predicted octanol–water partition coefficient (Wildman–Crippen LogP) is 3.44. The van der Waals surface area contributed by atoms with Gasteiger partial charge in [0.1, 0.15) is 11.9 Å². The number of benzene rings is 1. The predicted molar refractivity (Wildman–Crippen MR) is 99.0 cm³/mol. The molecule has 1 aromatic carbocycles. The summed E-state index contributed by atoms with van der Waals surface area (Å²) >= 11 is 0. The minimum atomic E-state index is -0.789. The molecule has 1 saturated heterocycles. The lowest BCUT2D eigenvalue weighted by Crippen LogP contribution is -2.73. The molecule has 2 fully saturated rings. The second-order valence-electron chi connectivity index (χ2n) is 8.83. The summed E-state index contributed by atoms with van der Waals surface area (Å²) in [7, 11) is 0. The maximum Gasteiger partial charge on any atom is 0.132 e. The maximum absolute atomic E-state index is 11.9. The summed E-state index contributed by atoms with van der Waals surface area (Å²) in [5.41, 5.74) is 2.64. The van der Waals surface area contributed by atoms with E-state index in [0.717, 1.165) is 49.6 Å². The fourth-order valence-electron chi connectivity index (χ4n) is 5.87. The van der Waals surface area contributed by atoms with Crippen LogP contribution in [0.25, 0.3) is 0 Å². The Morgan fingerprint density at radius 3 is 2.92 bits per heavy atom. The van der Waals surface area contributed by atoms with E-state index < -0.39 is 5.60 Å². The van der Waals surface area contributed by atoms with Gasteiger partial charge in [0.05, 0.1) is 11.0 Å². The van der Waals surface area contributed by atoms with Gasteiger partial charge in [-0.15, -0.1) is 0 Å². The molecule has 5 rings (SSSR count). The number of likely N-dealkylation sites (tertiary alicyclic amines) is 1. The van der Waals surface area contributed by atoms with Gasteiger partial charge in [-0.1, -0.05) is 25.6 Å². The van der Waals surface area contributed by atoms with Gasteiger partial charge in [-0.05, 0) is 68.7 Å². The molecule has 4 unspecified atom stereocenters. The number of rotatable bonds is 4. The number of nitrogens with zero attached hydrogens (tertiary/aromatic N) is 1. The van der Waals surface area contributed by atoms with E-state index in [1.165, 1.54) is 24.0 Å². The number of fused-ring (bicyclic) bond motifs is 1. The molecule has 0 aromatic heterocycles. The highest BCUT2D eigenvalue weighted by atomic mass is 16.5. The number of ether oxygens (including phenoxy) is 1. The molecule has 3 nitrogen and oxygen atoms in total. The summed E-state index contributed by atoms with van der Waals surface area (Å²) in [5.74, 6) is 1.82. The molecule has 1 aromatic rings. The maximum atomic E-state index is 11.9. The summed E-state index contributed by atoms with van der Waals surface area (Å²) in [6.45, 7) is 10.7. The van der Waals surface area contributed by atoms with Crippen molar-refractivity contribution in [3.05, 3.63) is 41.5 Å². The topological polar surface area (TPSA) is 32.7 Å². The van der Waals surface area contributed by atoms with Crippen LogP contribution in [0, 0.1) is 5.92 Å². The summed E-state index contributed by atoms with van der Waals surface area (Å²) in [5, 5.41) is 11.9.